The lowest BCUT2D eigenvalue weighted by atomic mass is 10.2. The van der Waals surface area contributed by atoms with E-state index < -0.39 is 5.91 Å². The number of carbonyl (C=O) groups excluding carboxylic acids is 1. The highest BCUT2D eigenvalue weighted by Gasteiger charge is 2.02. The van der Waals surface area contributed by atoms with Gasteiger partial charge in [0, 0.05) is 0 Å². The zero-order valence-corrected chi connectivity index (χ0v) is 7.69. The van der Waals surface area contributed by atoms with Crippen LogP contribution in [-0.4, -0.2) is 11.8 Å². The van der Waals surface area contributed by atoms with Crippen LogP contribution < -0.4 is 5.73 Å². The zero-order chi connectivity index (χ0) is 10.4. The lowest BCUT2D eigenvalue weighted by molar-refractivity contribution is -0.117. The topological polar surface area (TPSA) is 76.2 Å². The molecule has 3 N–H and O–H groups in total. The Balaban J connectivity index is 2.34. The molecule has 0 aliphatic carbocycles. The Kier molecular flexibility index (Phi) is 3.67. The van der Waals surface area contributed by atoms with E-state index >= 15 is 0 Å². The molecule has 14 heavy (non-hydrogen) atoms. The second-order valence-corrected chi connectivity index (χ2v) is 2.84. The third-order valence-corrected chi connectivity index (χ3v) is 1.59. The van der Waals surface area contributed by atoms with Crippen molar-refractivity contribution in [1.29, 1.82) is 5.41 Å². The molecule has 0 bridgehead atoms. The van der Waals surface area contributed by atoms with E-state index in [-0.39, 0.29) is 12.3 Å². The molecule has 0 saturated heterocycles. The molecule has 74 valence electrons. The predicted octanol–water partition coefficient (Wildman–Crippen LogP) is 1.06. The van der Waals surface area contributed by atoms with E-state index in [1.54, 1.807) is 0 Å². The van der Waals surface area contributed by atoms with E-state index in [1.807, 2.05) is 30.3 Å². The number of rotatable bonds is 4. The molecule has 0 radical (unpaired) electrons. The van der Waals surface area contributed by atoms with Crippen molar-refractivity contribution >= 4 is 11.8 Å². The van der Waals surface area contributed by atoms with Gasteiger partial charge in [0.1, 0.15) is 13.0 Å². The van der Waals surface area contributed by atoms with Crippen molar-refractivity contribution < 1.29 is 9.53 Å². The molecule has 0 saturated carbocycles. The Morgan fingerprint density at radius 2 is 2.00 bits per heavy atom. The van der Waals surface area contributed by atoms with Crippen LogP contribution in [0.2, 0.25) is 0 Å². The van der Waals surface area contributed by atoms with Gasteiger partial charge >= 0.3 is 0 Å². The second-order valence-electron chi connectivity index (χ2n) is 2.84. The monoisotopic (exact) mass is 192 g/mol. The first kappa shape index (κ1) is 10.2. The van der Waals surface area contributed by atoms with Crippen molar-refractivity contribution in [3.05, 3.63) is 35.9 Å². The van der Waals surface area contributed by atoms with Gasteiger partial charge in [0.15, 0.2) is 5.90 Å². The summed E-state index contributed by atoms with van der Waals surface area (Å²) in [5, 5.41) is 7.25. The van der Waals surface area contributed by atoms with E-state index in [1.165, 1.54) is 0 Å². The molecule has 1 rings (SSSR count). The number of carbonyl (C=O) groups is 1. The first-order valence-corrected chi connectivity index (χ1v) is 4.21. The molecule has 0 aromatic heterocycles. The fourth-order valence-electron chi connectivity index (χ4n) is 0.954. The second kappa shape index (κ2) is 5.01. The Morgan fingerprint density at radius 3 is 2.57 bits per heavy atom. The number of amides is 1. The number of nitrogens with two attached hydrogens (primary N) is 1. The van der Waals surface area contributed by atoms with Crippen molar-refractivity contribution in [2.75, 3.05) is 0 Å². The predicted molar refractivity (Wildman–Crippen MR) is 52.8 cm³/mol. The Hall–Kier alpha value is -1.84. The van der Waals surface area contributed by atoms with Crippen LogP contribution in [0.1, 0.15) is 12.0 Å². The summed E-state index contributed by atoms with van der Waals surface area (Å²) < 4.78 is 5.02. The van der Waals surface area contributed by atoms with Crippen LogP contribution in [0.5, 0.6) is 0 Å². The summed E-state index contributed by atoms with van der Waals surface area (Å²) in [5.74, 6) is -0.649. The van der Waals surface area contributed by atoms with Crippen LogP contribution in [-0.2, 0) is 16.1 Å². The molecule has 0 spiro atoms. The fraction of sp³-hybridized carbons (Fsp3) is 0.200. The molecule has 1 aromatic rings. The minimum atomic E-state index is -0.553. The van der Waals surface area contributed by atoms with Gasteiger partial charge in [0.05, 0.1) is 0 Å². The largest absolute Gasteiger partial charge is 0.476 e. The molecule has 0 atom stereocenters. The highest BCUT2D eigenvalue weighted by Crippen LogP contribution is 2.01. The van der Waals surface area contributed by atoms with E-state index in [2.05, 4.69) is 0 Å². The molecule has 0 heterocycles. The van der Waals surface area contributed by atoms with Gasteiger partial charge < -0.3 is 10.5 Å². The summed E-state index contributed by atoms with van der Waals surface area (Å²) in [6.07, 6.45) is -0.146. The van der Waals surface area contributed by atoms with Gasteiger partial charge in [-0.3, -0.25) is 10.2 Å². The van der Waals surface area contributed by atoms with Gasteiger partial charge in [-0.15, -0.1) is 0 Å². The van der Waals surface area contributed by atoms with Crippen molar-refractivity contribution in [3.8, 4) is 0 Å². The normalized spacial score (nSPS) is 9.43. The summed E-state index contributed by atoms with van der Waals surface area (Å²) in [4.78, 5) is 10.4. The van der Waals surface area contributed by atoms with Gasteiger partial charge in [-0.25, -0.2) is 0 Å². The number of primary amides is 1. The van der Waals surface area contributed by atoms with Crippen LogP contribution in [0.25, 0.3) is 0 Å². The Labute approximate surface area is 82.2 Å². The number of ether oxygens (including phenoxy) is 1. The zero-order valence-electron chi connectivity index (χ0n) is 7.69. The number of hydrogen-bond acceptors (Lipinski definition) is 3. The standard InChI is InChI=1S/C10H12N2O2/c11-9(13)6-10(12)14-7-8-4-2-1-3-5-8/h1-5,12H,6-7H2,(H2,11,13). The molecule has 1 aromatic carbocycles. The summed E-state index contributed by atoms with van der Waals surface area (Å²) in [5.41, 5.74) is 5.86. The molecule has 0 fully saturated rings. The highest BCUT2D eigenvalue weighted by molar-refractivity contribution is 5.94. The van der Waals surface area contributed by atoms with E-state index in [4.69, 9.17) is 15.9 Å². The quantitative estimate of drug-likeness (QED) is 0.552. The third-order valence-electron chi connectivity index (χ3n) is 1.59. The van der Waals surface area contributed by atoms with E-state index in [9.17, 15) is 4.79 Å². The first-order chi connectivity index (χ1) is 6.68. The lowest BCUT2D eigenvalue weighted by Crippen LogP contribution is -2.17. The SMILES string of the molecule is N=C(CC(N)=O)OCc1ccccc1. The maximum Gasteiger partial charge on any atom is 0.226 e. The maximum atomic E-state index is 10.4. The fourth-order valence-corrected chi connectivity index (χ4v) is 0.954. The van der Waals surface area contributed by atoms with Gasteiger partial charge in [-0.2, -0.15) is 0 Å². The molecule has 4 heteroatoms. The number of hydrogen-bond donors (Lipinski definition) is 2. The van der Waals surface area contributed by atoms with Gasteiger partial charge in [0.25, 0.3) is 0 Å². The van der Waals surface area contributed by atoms with E-state index in [0.717, 1.165) is 5.56 Å². The average Bonchev–Trinajstić information content (AvgIpc) is 2.15. The molecular weight excluding hydrogens is 180 g/mol. The molecule has 0 aliphatic rings. The third kappa shape index (κ3) is 3.71. The minimum Gasteiger partial charge on any atom is -0.476 e. The number of nitrogens with one attached hydrogen (secondary N) is 1. The molecule has 4 nitrogen and oxygen atoms in total. The Bertz CT molecular complexity index is 322. The smallest absolute Gasteiger partial charge is 0.226 e. The van der Waals surface area contributed by atoms with Gasteiger partial charge in [0.2, 0.25) is 5.91 Å². The van der Waals surface area contributed by atoms with Crippen molar-refractivity contribution in [3.63, 3.8) is 0 Å². The number of benzene rings is 1. The molecule has 0 aliphatic heterocycles. The summed E-state index contributed by atoms with van der Waals surface area (Å²) in [6.45, 7) is 0.299. The summed E-state index contributed by atoms with van der Waals surface area (Å²) >= 11 is 0. The van der Waals surface area contributed by atoms with Crippen LogP contribution in [0.3, 0.4) is 0 Å². The summed E-state index contributed by atoms with van der Waals surface area (Å²) in [7, 11) is 0. The first-order valence-electron chi connectivity index (χ1n) is 4.21. The van der Waals surface area contributed by atoms with Crippen LogP contribution in [0.4, 0.5) is 0 Å². The van der Waals surface area contributed by atoms with Crippen molar-refractivity contribution in [2.45, 2.75) is 13.0 Å². The molecule has 0 unspecified atom stereocenters. The van der Waals surface area contributed by atoms with Crippen molar-refractivity contribution in [2.24, 2.45) is 5.73 Å². The minimum absolute atomic E-state index is 0.0960. The van der Waals surface area contributed by atoms with Crippen molar-refractivity contribution in [1.82, 2.24) is 0 Å². The maximum absolute atomic E-state index is 10.4. The van der Waals surface area contributed by atoms with Gasteiger partial charge in [-0.1, -0.05) is 30.3 Å². The average molecular weight is 192 g/mol. The molecular formula is C10H12N2O2. The summed E-state index contributed by atoms with van der Waals surface area (Å²) in [6, 6.07) is 9.44. The van der Waals surface area contributed by atoms with Crippen LogP contribution in [0, 0.1) is 5.41 Å². The van der Waals surface area contributed by atoms with Crippen LogP contribution >= 0.6 is 0 Å². The molecule has 1 amide bonds. The lowest BCUT2D eigenvalue weighted by Gasteiger charge is -2.05. The van der Waals surface area contributed by atoms with Gasteiger partial charge in [-0.05, 0) is 5.56 Å². The van der Waals surface area contributed by atoms with Crippen LogP contribution in [0.15, 0.2) is 30.3 Å². The highest BCUT2D eigenvalue weighted by atomic mass is 16.5. The van der Waals surface area contributed by atoms with E-state index in [0.29, 0.717) is 6.61 Å². The Morgan fingerprint density at radius 1 is 1.36 bits per heavy atom.